The Morgan fingerprint density at radius 3 is 2.50 bits per heavy atom. The molecule has 1 heterocycles. The van der Waals surface area contributed by atoms with Crippen molar-refractivity contribution < 1.29 is 9.59 Å². The second kappa shape index (κ2) is 9.25. The van der Waals surface area contributed by atoms with E-state index in [4.69, 9.17) is 11.6 Å². The van der Waals surface area contributed by atoms with Gasteiger partial charge in [0.15, 0.2) is 11.0 Å². The Bertz CT molecular complexity index is 858. The molecule has 2 rings (SSSR count). The van der Waals surface area contributed by atoms with E-state index in [2.05, 4.69) is 27.4 Å². The van der Waals surface area contributed by atoms with Crippen molar-refractivity contribution >= 4 is 35.3 Å². The van der Waals surface area contributed by atoms with Crippen LogP contribution in [0.4, 0.5) is 4.79 Å². The first kappa shape index (κ1) is 22.0. The van der Waals surface area contributed by atoms with Crippen LogP contribution in [0.15, 0.2) is 42.1 Å². The monoisotopic (exact) mass is 421 g/mol. The van der Waals surface area contributed by atoms with E-state index in [9.17, 15) is 9.59 Å². The Labute approximate surface area is 173 Å². The van der Waals surface area contributed by atoms with E-state index in [1.807, 2.05) is 37.5 Å². The predicted molar refractivity (Wildman–Crippen MR) is 112 cm³/mol. The van der Waals surface area contributed by atoms with Gasteiger partial charge in [0.2, 0.25) is 5.91 Å². The molecule has 1 aromatic heterocycles. The summed E-state index contributed by atoms with van der Waals surface area (Å²) < 4.78 is 1.86. The topological polar surface area (TPSA) is 88.9 Å². The van der Waals surface area contributed by atoms with Crippen LogP contribution in [0.2, 0.25) is 5.02 Å². The molecule has 3 amide bonds. The zero-order valence-corrected chi connectivity index (χ0v) is 17.9. The van der Waals surface area contributed by atoms with Gasteiger partial charge in [-0.3, -0.25) is 14.7 Å². The number of carbonyl (C=O) groups is 2. The van der Waals surface area contributed by atoms with Gasteiger partial charge in [-0.1, -0.05) is 29.4 Å². The lowest BCUT2D eigenvalue weighted by molar-refractivity contribution is -0.119. The Hall–Kier alpha value is -2.32. The van der Waals surface area contributed by atoms with Crippen LogP contribution < -0.4 is 10.6 Å². The molecule has 0 unspecified atom stereocenters. The lowest BCUT2D eigenvalue weighted by Gasteiger charge is -2.21. The molecule has 28 heavy (non-hydrogen) atoms. The van der Waals surface area contributed by atoms with E-state index >= 15 is 0 Å². The molecule has 0 radical (unpaired) electrons. The number of nitrogens with one attached hydrogen (secondary N) is 2. The Morgan fingerprint density at radius 2 is 1.93 bits per heavy atom. The van der Waals surface area contributed by atoms with Gasteiger partial charge in [-0.25, -0.2) is 4.79 Å². The van der Waals surface area contributed by atoms with Gasteiger partial charge in [0, 0.05) is 22.7 Å². The van der Waals surface area contributed by atoms with Crippen molar-refractivity contribution in [2.24, 2.45) is 0 Å². The fourth-order valence-electron chi connectivity index (χ4n) is 2.28. The molecule has 9 heteroatoms. The van der Waals surface area contributed by atoms with Gasteiger partial charge < -0.3 is 5.32 Å². The van der Waals surface area contributed by atoms with Crippen molar-refractivity contribution in [1.82, 2.24) is 25.4 Å². The summed E-state index contributed by atoms with van der Waals surface area (Å²) in [5.41, 5.74) is 0.422. The second-order valence-electron chi connectivity index (χ2n) is 7.17. The van der Waals surface area contributed by atoms with Gasteiger partial charge in [-0.15, -0.1) is 16.8 Å². The van der Waals surface area contributed by atoms with E-state index in [0.717, 1.165) is 5.56 Å². The van der Waals surface area contributed by atoms with Crippen molar-refractivity contribution in [3.05, 3.63) is 41.9 Å². The van der Waals surface area contributed by atoms with Crippen LogP contribution in [0.25, 0.3) is 11.4 Å². The number of benzene rings is 1. The van der Waals surface area contributed by atoms with Gasteiger partial charge >= 0.3 is 6.03 Å². The molecule has 150 valence electrons. The van der Waals surface area contributed by atoms with Crippen LogP contribution >= 0.6 is 23.4 Å². The SMILES string of the molecule is C=CCn1c(S[C@H](C)C(=O)NC(=O)NC(C)(C)C)nnc1-c1ccc(Cl)cc1. The van der Waals surface area contributed by atoms with Crippen molar-refractivity contribution in [3.8, 4) is 11.4 Å². The minimum absolute atomic E-state index is 0.409. The fraction of sp³-hybridized carbons (Fsp3) is 0.368. The molecule has 1 atom stereocenters. The normalized spacial score (nSPS) is 12.3. The second-order valence-corrected chi connectivity index (χ2v) is 8.91. The van der Waals surface area contributed by atoms with Crippen LogP contribution in [-0.4, -0.2) is 37.5 Å². The average molecular weight is 422 g/mol. The number of imide groups is 1. The van der Waals surface area contributed by atoms with Gasteiger partial charge in [0.1, 0.15) is 0 Å². The number of amides is 3. The first-order chi connectivity index (χ1) is 13.1. The number of aromatic nitrogens is 3. The highest BCUT2D eigenvalue weighted by Crippen LogP contribution is 2.27. The minimum Gasteiger partial charge on any atom is -0.333 e. The molecule has 0 aliphatic heterocycles. The van der Waals surface area contributed by atoms with Crippen molar-refractivity contribution in [3.63, 3.8) is 0 Å². The lowest BCUT2D eigenvalue weighted by Crippen LogP contribution is -2.49. The number of hydrogen-bond acceptors (Lipinski definition) is 5. The number of urea groups is 1. The summed E-state index contributed by atoms with van der Waals surface area (Å²) in [6.45, 7) is 11.5. The molecule has 7 nitrogen and oxygen atoms in total. The Morgan fingerprint density at radius 1 is 1.29 bits per heavy atom. The van der Waals surface area contributed by atoms with Gasteiger partial charge in [-0.05, 0) is 52.0 Å². The molecule has 0 spiro atoms. The maximum absolute atomic E-state index is 12.3. The van der Waals surface area contributed by atoms with Crippen molar-refractivity contribution in [2.75, 3.05) is 0 Å². The van der Waals surface area contributed by atoms with Crippen LogP contribution in [0.5, 0.6) is 0 Å². The number of carbonyl (C=O) groups excluding carboxylic acids is 2. The molecular formula is C19H24ClN5O2S. The van der Waals surface area contributed by atoms with Crippen LogP contribution in [-0.2, 0) is 11.3 Å². The smallest absolute Gasteiger partial charge is 0.321 e. The zero-order chi connectivity index (χ0) is 20.9. The molecule has 0 fully saturated rings. The highest BCUT2D eigenvalue weighted by Gasteiger charge is 2.23. The summed E-state index contributed by atoms with van der Waals surface area (Å²) >= 11 is 7.17. The molecule has 0 aliphatic rings. The third-order valence-corrected chi connectivity index (χ3v) is 4.84. The van der Waals surface area contributed by atoms with Crippen molar-refractivity contribution in [2.45, 2.75) is 50.2 Å². The fourth-order valence-corrected chi connectivity index (χ4v) is 3.26. The number of allylic oxidation sites excluding steroid dienone is 1. The number of nitrogens with zero attached hydrogens (tertiary/aromatic N) is 3. The third-order valence-electron chi connectivity index (χ3n) is 3.51. The van der Waals surface area contributed by atoms with Crippen LogP contribution in [0.3, 0.4) is 0 Å². The summed E-state index contributed by atoms with van der Waals surface area (Å²) in [6.07, 6.45) is 1.73. The molecule has 0 saturated carbocycles. The highest BCUT2D eigenvalue weighted by atomic mass is 35.5. The van der Waals surface area contributed by atoms with Crippen LogP contribution in [0, 0.1) is 0 Å². The zero-order valence-electron chi connectivity index (χ0n) is 16.3. The highest BCUT2D eigenvalue weighted by molar-refractivity contribution is 8.00. The van der Waals surface area contributed by atoms with E-state index in [0.29, 0.717) is 22.5 Å². The maximum Gasteiger partial charge on any atom is 0.321 e. The lowest BCUT2D eigenvalue weighted by atomic mass is 10.1. The van der Waals surface area contributed by atoms with Crippen molar-refractivity contribution in [1.29, 1.82) is 0 Å². The minimum atomic E-state index is -0.545. The summed E-state index contributed by atoms with van der Waals surface area (Å²) in [5.74, 6) is 0.241. The summed E-state index contributed by atoms with van der Waals surface area (Å²) in [6, 6.07) is 6.74. The van der Waals surface area contributed by atoms with E-state index in [-0.39, 0.29) is 0 Å². The predicted octanol–water partition coefficient (Wildman–Crippen LogP) is 3.89. The summed E-state index contributed by atoms with van der Waals surface area (Å²) in [4.78, 5) is 24.2. The standard InChI is InChI=1S/C19H24ClN5O2S/c1-6-11-25-15(13-7-9-14(20)10-8-13)23-24-18(25)28-12(2)16(26)21-17(27)22-19(3,4)5/h6-10,12H,1,11H2,2-5H3,(H2,21,22,26,27)/t12-/m1/s1. The third kappa shape index (κ3) is 6.10. The van der Waals surface area contributed by atoms with Gasteiger partial charge in [0.25, 0.3) is 0 Å². The summed E-state index contributed by atoms with van der Waals surface area (Å²) in [5, 5.41) is 14.1. The molecule has 0 saturated heterocycles. The first-order valence-corrected chi connectivity index (χ1v) is 9.96. The number of halogens is 1. The largest absolute Gasteiger partial charge is 0.333 e. The number of rotatable bonds is 6. The molecule has 2 aromatic rings. The van der Waals surface area contributed by atoms with Gasteiger partial charge in [0.05, 0.1) is 5.25 Å². The van der Waals surface area contributed by atoms with E-state index in [1.54, 1.807) is 25.1 Å². The molecular weight excluding hydrogens is 398 g/mol. The molecule has 0 bridgehead atoms. The Balaban J connectivity index is 2.14. The van der Waals surface area contributed by atoms with Gasteiger partial charge in [-0.2, -0.15) is 0 Å². The molecule has 1 aromatic carbocycles. The number of thioether (sulfide) groups is 1. The maximum atomic E-state index is 12.3. The quantitative estimate of drug-likeness (QED) is 0.545. The molecule has 2 N–H and O–H groups in total. The Kier molecular flexibility index (Phi) is 7.26. The average Bonchev–Trinajstić information content (AvgIpc) is 2.96. The van der Waals surface area contributed by atoms with E-state index < -0.39 is 22.7 Å². The molecule has 0 aliphatic carbocycles. The number of hydrogen-bond donors (Lipinski definition) is 2. The van der Waals surface area contributed by atoms with Crippen LogP contribution in [0.1, 0.15) is 27.7 Å². The first-order valence-electron chi connectivity index (χ1n) is 8.70. The van der Waals surface area contributed by atoms with E-state index in [1.165, 1.54) is 11.8 Å². The summed E-state index contributed by atoms with van der Waals surface area (Å²) in [7, 11) is 0.